The van der Waals surface area contributed by atoms with Gasteiger partial charge in [-0.2, -0.15) is 0 Å². The third-order valence-electron chi connectivity index (χ3n) is 1.84. The Labute approximate surface area is 70.3 Å². The van der Waals surface area contributed by atoms with Crippen molar-refractivity contribution in [2.45, 2.75) is 13.0 Å². The van der Waals surface area contributed by atoms with E-state index in [-0.39, 0.29) is 11.4 Å². The molecule has 0 bridgehead atoms. The number of fused-ring (bicyclic) bond motifs is 1. The Morgan fingerprint density at radius 2 is 1.83 bits per heavy atom. The fraction of sp³-hybridized carbons (Fsp3) is 0.222. The first-order valence-corrected chi connectivity index (χ1v) is 3.58. The molecule has 1 heterocycles. The lowest BCUT2D eigenvalue weighted by Gasteiger charge is -2.14. The van der Waals surface area contributed by atoms with Crippen molar-refractivity contribution < 1.29 is 15.0 Å². The molecule has 64 valence electrons. The van der Waals surface area contributed by atoms with Crippen molar-refractivity contribution in [2.75, 3.05) is 0 Å². The SMILES string of the molecule is O.O=C1Cc2ccccc2CO1. The summed E-state index contributed by atoms with van der Waals surface area (Å²) >= 11 is 0. The first kappa shape index (κ1) is 8.74. The number of cyclic esters (lactones) is 1. The minimum absolute atomic E-state index is 0. The van der Waals surface area contributed by atoms with Crippen LogP contribution in [0.3, 0.4) is 0 Å². The van der Waals surface area contributed by atoms with Gasteiger partial charge >= 0.3 is 5.97 Å². The average Bonchev–Trinajstić information content (AvgIpc) is 2.04. The Balaban J connectivity index is 0.000000720. The van der Waals surface area contributed by atoms with E-state index in [4.69, 9.17) is 4.74 Å². The van der Waals surface area contributed by atoms with Gasteiger partial charge in [-0.3, -0.25) is 4.79 Å². The van der Waals surface area contributed by atoms with Crippen LogP contribution in [0.5, 0.6) is 0 Å². The van der Waals surface area contributed by atoms with Gasteiger partial charge in [-0.1, -0.05) is 24.3 Å². The highest BCUT2D eigenvalue weighted by Gasteiger charge is 2.14. The Morgan fingerprint density at radius 1 is 1.17 bits per heavy atom. The summed E-state index contributed by atoms with van der Waals surface area (Å²) in [7, 11) is 0. The van der Waals surface area contributed by atoms with Crippen molar-refractivity contribution in [1.29, 1.82) is 0 Å². The summed E-state index contributed by atoms with van der Waals surface area (Å²) in [5, 5.41) is 0. The highest BCUT2D eigenvalue weighted by molar-refractivity contribution is 5.74. The van der Waals surface area contributed by atoms with Crippen molar-refractivity contribution in [3.63, 3.8) is 0 Å². The topological polar surface area (TPSA) is 57.8 Å². The number of rotatable bonds is 0. The maximum atomic E-state index is 10.8. The number of benzene rings is 1. The molecule has 0 radical (unpaired) electrons. The van der Waals surface area contributed by atoms with Gasteiger partial charge in [-0.05, 0) is 11.1 Å². The lowest BCUT2D eigenvalue weighted by Crippen LogP contribution is -2.15. The van der Waals surface area contributed by atoms with E-state index in [0.717, 1.165) is 11.1 Å². The zero-order valence-electron chi connectivity index (χ0n) is 6.54. The molecular formula is C9H10O3. The Bertz CT molecular complexity index is 294. The number of ether oxygens (including phenoxy) is 1. The summed E-state index contributed by atoms with van der Waals surface area (Å²) in [6.07, 6.45) is 0.427. The monoisotopic (exact) mass is 166 g/mol. The third kappa shape index (κ3) is 1.46. The molecule has 0 atom stereocenters. The van der Waals surface area contributed by atoms with E-state index in [1.807, 2.05) is 24.3 Å². The van der Waals surface area contributed by atoms with Gasteiger partial charge in [-0.25, -0.2) is 0 Å². The highest BCUT2D eigenvalue weighted by atomic mass is 16.5. The van der Waals surface area contributed by atoms with Crippen LogP contribution < -0.4 is 0 Å². The van der Waals surface area contributed by atoms with Crippen LogP contribution in [0.15, 0.2) is 24.3 Å². The molecule has 0 spiro atoms. The molecule has 0 amide bonds. The maximum absolute atomic E-state index is 10.8. The lowest BCUT2D eigenvalue weighted by atomic mass is 10.0. The van der Waals surface area contributed by atoms with Gasteiger partial charge in [-0.15, -0.1) is 0 Å². The van der Waals surface area contributed by atoms with E-state index >= 15 is 0 Å². The number of carbonyl (C=O) groups excluding carboxylic acids is 1. The van der Waals surface area contributed by atoms with Crippen molar-refractivity contribution in [2.24, 2.45) is 0 Å². The van der Waals surface area contributed by atoms with E-state index in [9.17, 15) is 4.79 Å². The average molecular weight is 166 g/mol. The van der Waals surface area contributed by atoms with E-state index in [1.54, 1.807) is 0 Å². The number of hydrogen-bond acceptors (Lipinski definition) is 2. The van der Waals surface area contributed by atoms with Crippen LogP contribution in [0.25, 0.3) is 0 Å². The zero-order valence-corrected chi connectivity index (χ0v) is 6.54. The molecule has 2 rings (SSSR count). The molecular weight excluding hydrogens is 156 g/mol. The second-order valence-corrected chi connectivity index (χ2v) is 2.61. The minimum atomic E-state index is -0.122. The summed E-state index contributed by atoms with van der Waals surface area (Å²) in [4.78, 5) is 10.8. The molecule has 1 aliphatic rings. The quantitative estimate of drug-likeness (QED) is 0.526. The largest absolute Gasteiger partial charge is 0.461 e. The predicted octanol–water partition coefficient (Wildman–Crippen LogP) is 0.461. The highest BCUT2D eigenvalue weighted by Crippen LogP contribution is 2.15. The molecule has 3 heteroatoms. The molecule has 2 N–H and O–H groups in total. The molecule has 0 aliphatic carbocycles. The molecule has 0 saturated heterocycles. The van der Waals surface area contributed by atoms with Gasteiger partial charge in [0.1, 0.15) is 6.61 Å². The van der Waals surface area contributed by atoms with E-state index in [2.05, 4.69) is 0 Å². The summed E-state index contributed by atoms with van der Waals surface area (Å²) in [6.45, 7) is 0.439. The van der Waals surface area contributed by atoms with Gasteiger partial charge in [0.05, 0.1) is 6.42 Å². The maximum Gasteiger partial charge on any atom is 0.310 e. The van der Waals surface area contributed by atoms with Crippen LogP contribution in [0.4, 0.5) is 0 Å². The Morgan fingerprint density at radius 3 is 2.58 bits per heavy atom. The molecule has 1 aromatic rings. The molecule has 0 aromatic heterocycles. The van der Waals surface area contributed by atoms with E-state index in [1.165, 1.54) is 0 Å². The van der Waals surface area contributed by atoms with Gasteiger partial charge in [0.2, 0.25) is 0 Å². The second kappa shape index (κ2) is 3.36. The standard InChI is InChI=1S/C9H8O2.H2O/c10-9-5-7-3-1-2-4-8(7)6-11-9;/h1-4H,5-6H2;1H2. The fourth-order valence-corrected chi connectivity index (χ4v) is 1.24. The number of hydrogen-bond donors (Lipinski definition) is 0. The molecule has 1 aliphatic heterocycles. The van der Waals surface area contributed by atoms with Crippen LogP contribution in [0, 0.1) is 0 Å². The van der Waals surface area contributed by atoms with Gasteiger partial charge < -0.3 is 10.2 Å². The van der Waals surface area contributed by atoms with E-state index in [0.29, 0.717) is 13.0 Å². The number of esters is 1. The first-order chi connectivity index (χ1) is 5.36. The first-order valence-electron chi connectivity index (χ1n) is 3.58. The van der Waals surface area contributed by atoms with Crippen molar-refractivity contribution in [3.8, 4) is 0 Å². The molecule has 3 nitrogen and oxygen atoms in total. The van der Waals surface area contributed by atoms with Gasteiger partial charge in [0, 0.05) is 0 Å². The molecule has 0 fully saturated rings. The van der Waals surface area contributed by atoms with E-state index < -0.39 is 0 Å². The summed E-state index contributed by atoms with van der Waals surface area (Å²) in [5.41, 5.74) is 2.23. The zero-order chi connectivity index (χ0) is 7.68. The van der Waals surface area contributed by atoms with Crippen molar-refractivity contribution in [3.05, 3.63) is 35.4 Å². The van der Waals surface area contributed by atoms with Crippen LogP contribution >= 0.6 is 0 Å². The summed E-state index contributed by atoms with van der Waals surface area (Å²) in [5.74, 6) is -0.122. The third-order valence-corrected chi connectivity index (χ3v) is 1.84. The lowest BCUT2D eigenvalue weighted by molar-refractivity contribution is -0.145. The fourth-order valence-electron chi connectivity index (χ4n) is 1.24. The minimum Gasteiger partial charge on any atom is -0.461 e. The summed E-state index contributed by atoms with van der Waals surface area (Å²) < 4.78 is 4.87. The summed E-state index contributed by atoms with van der Waals surface area (Å²) in [6, 6.07) is 7.85. The molecule has 1 aromatic carbocycles. The van der Waals surface area contributed by atoms with Crippen molar-refractivity contribution in [1.82, 2.24) is 0 Å². The normalized spacial score (nSPS) is 14.2. The smallest absolute Gasteiger partial charge is 0.310 e. The molecule has 12 heavy (non-hydrogen) atoms. The van der Waals surface area contributed by atoms with Crippen LogP contribution in [-0.4, -0.2) is 11.4 Å². The Kier molecular flexibility index (Phi) is 2.45. The van der Waals surface area contributed by atoms with Crippen molar-refractivity contribution >= 4 is 5.97 Å². The van der Waals surface area contributed by atoms with Crippen LogP contribution in [0.2, 0.25) is 0 Å². The number of carbonyl (C=O) groups is 1. The predicted molar refractivity (Wildman–Crippen MR) is 43.6 cm³/mol. The molecule has 0 saturated carbocycles. The molecule has 0 unspecified atom stereocenters. The van der Waals surface area contributed by atoms with Gasteiger partial charge in [0.15, 0.2) is 0 Å². The Hall–Kier alpha value is -1.35. The second-order valence-electron chi connectivity index (χ2n) is 2.61. The van der Waals surface area contributed by atoms with Crippen LogP contribution in [-0.2, 0) is 22.6 Å². The van der Waals surface area contributed by atoms with Crippen LogP contribution in [0.1, 0.15) is 11.1 Å². The van der Waals surface area contributed by atoms with Gasteiger partial charge in [0.25, 0.3) is 0 Å².